The molecule has 2 aromatic heterocycles. The summed E-state index contributed by atoms with van der Waals surface area (Å²) in [6.07, 6.45) is 0. The number of carbonyl (C=O) groups is 2. The zero-order chi connectivity index (χ0) is 23.9. The molecule has 8 heteroatoms. The molecule has 33 heavy (non-hydrogen) atoms. The molecule has 4 aromatic rings. The number of anilines is 1. The number of fused-ring (bicyclic) bond motifs is 1. The van der Waals surface area contributed by atoms with E-state index < -0.39 is 23.5 Å². The topological polar surface area (TPSA) is 101 Å². The first kappa shape index (κ1) is 22.4. The van der Waals surface area contributed by atoms with Crippen molar-refractivity contribution in [2.45, 2.75) is 33.7 Å². The summed E-state index contributed by atoms with van der Waals surface area (Å²) in [4.78, 5) is 43.5. The fraction of sp³-hybridized carbons (Fsp3) is 0.200. The van der Waals surface area contributed by atoms with Crippen molar-refractivity contribution in [2.75, 3.05) is 5.32 Å². The van der Waals surface area contributed by atoms with Crippen LogP contribution in [0.5, 0.6) is 0 Å². The Kier molecular flexibility index (Phi) is 5.86. The van der Waals surface area contributed by atoms with Gasteiger partial charge in [0.15, 0.2) is 0 Å². The van der Waals surface area contributed by atoms with Crippen LogP contribution in [0.2, 0.25) is 0 Å². The summed E-state index contributed by atoms with van der Waals surface area (Å²) >= 11 is 1.10. The van der Waals surface area contributed by atoms with E-state index in [4.69, 9.17) is 0 Å². The van der Waals surface area contributed by atoms with Gasteiger partial charge in [-0.15, -0.1) is 11.3 Å². The largest absolute Gasteiger partial charge is 0.478 e. The number of aryl methyl sites for hydroxylation is 3. The fourth-order valence-corrected chi connectivity index (χ4v) is 4.94. The number of benzene rings is 2. The third-order valence-electron chi connectivity index (χ3n) is 5.59. The zero-order valence-corrected chi connectivity index (χ0v) is 19.5. The summed E-state index contributed by atoms with van der Waals surface area (Å²) in [5, 5.41) is 13.9. The van der Waals surface area contributed by atoms with Gasteiger partial charge >= 0.3 is 5.97 Å². The minimum atomic E-state index is -1.21. The van der Waals surface area contributed by atoms with E-state index in [1.165, 1.54) is 9.95 Å². The molecule has 1 atom stereocenters. The number of rotatable bonds is 5. The summed E-state index contributed by atoms with van der Waals surface area (Å²) in [7, 11) is 0. The van der Waals surface area contributed by atoms with E-state index in [0.717, 1.165) is 28.0 Å². The molecule has 0 spiro atoms. The van der Waals surface area contributed by atoms with Crippen LogP contribution >= 0.6 is 11.3 Å². The van der Waals surface area contributed by atoms with Crippen LogP contribution in [0.3, 0.4) is 0 Å². The second kappa shape index (κ2) is 8.63. The first-order valence-corrected chi connectivity index (χ1v) is 11.3. The highest BCUT2D eigenvalue weighted by Gasteiger charge is 2.26. The smallest absolute Gasteiger partial charge is 0.337 e. The van der Waals surface area contributed by atoms with Crippen molar-refractivity contribution in [3.63, 3.8) is 0 Å². The zero-order valence-electron chi connectivity index (χ0n) is 18.7. The molecule has 0 aliphatic carbocycles. The molecule has 0 saturated heterocycles. The highest BCUT2D eigenvalue weighted by Crippen LogP contribution is 2.28. The highest BCUT2D eigenvalue weighted by atomic mass is 32.1. The van der Waals surface area contributed by atoms with Crippen LogP contribution in [0.25, 0.3) is 21.6 Å². The number of nitrogens with zero attached hydrogens (tertiary/aromatic N) is 2. The Morgan fingerprint density at radius 3 is 2.33 bits per heavy atom. The Bertz CT molecular complexity index is 1430. The molecular formula is C25H23N3O4S. The molecule has 2 aromatic carbocycles. The standard InChI is InChI=1S/C25H23N3O4S/c1-13-10-14(2)20(15(3)11-13)26-22(29)16(4)28-21(17-8-6-5-7-9-17)27-23-19(24(28)30)18(12-33-23)25(31)32/h5-12,16H,1-4H3,(H,26,29)(H,31,32). The van der Waals surface area contributed by atoms with Crippen LogP contribution in [0.4, 0.5) is 5.69 Å². The van der Waals surface area contributed by atoms with Gasteiger partial charge in [-0.2, -0.15) is 0 Å². The Morgan fingerprint density at radius 2 is 1.73 bits per heavy atom. The van der Waals surface area contributed by atoms with Gasteiger partial charge in [-0.3, -0.25) is 14.2 Å². The van der Waals surface area contributed by atoms with E-state index in [9.17, 15) is 19.5 Å². The van der Waals surface area contributed by atoms with Gasteiger partial charge in [0.05, 0.1) is 10.9 Å². The summed E-state index contributed by atoms with van der Waals surface area (Å²) in [6.45, 7) is 7.43. The molecule has 0 aliphatic rings. The average molecular weight is 462 g/mol. The number of aromatic nitrogens is 2. The average Bonchev–Trinajstić information content (AvgIpc) is 3.21. The minimum absolute atomic E-state index is 0.00882. The second-order valence-corrected chi connectivity index (χ2v) is 8.91. The molecule has 0 fully saturated rings. The molecule has 0 radical (unpaired) electrons. The maximum atomic E-state index is 13.6. The maximum Gasteiger partial charge on any atom is 0.337 e. The van der Waals surface area contributed by atoms with Crippen molar-refractivity contribution >= 4 is 39.1 Å². The predicted molar refractivity (Wildman–Crippen MR) is 130 cm³/mol. The van der Waals surface area contributed by atoms with Gasteiger partial charge in [0.2, 0.25) is 5.91 Å². The fourth-order valence-electron chi connectivity index (χ4n) is 4.03. The molecule has 0 saturated carbocycles. The van der Waals surface area contributed by atoms with E-state index in [1.54, 1.807) is 19.1 Å². The lowest BCUT2D eigenvalue weighted by molar-refractivity contribution is -0.118. The van der Waals surface area contributed by atoms with Gasteiger partial charge in [0, 0.05) is 16.6 Å². The normalized spacial score (nSPS) is 12.0. The van der Waals surface area contributed by atoms with Gasteiger partial charge in [-0.25, -0.2) is 9.78 Å². The highest BCUT2D eigenvalue weighted by molar-refractivity contribution is 7.17. The molecule has 4 rings (SSSR count). The number of carboxylic acid groups (broad SMARTS) is 1. The number of hydrogen-bond acceptors (Lipinski definition) is 5. The first-order chi connectivity index (χ1) is 15.7. The van der Waals surface area contributed by atoms with Crippen LogP contribution in [-0.4, -0.2) is 26.5 Å². The maximum absolute atomic E-state index is 13.6. The SMILES string of the molecule is Cc1cc(C)c(NC(=O)C(C)n2c(-c3ccccc3)nc3scc(C(=O)O)c3c2=O)c(C)c1. The molecule has 0 aliphatic heterocycles. The molecule has 168 valence electrons. The molecule has 1 unspecified atom stereocenters. The van der Waals surface area contributed by atoms with E-state index in [1.807, 2.05) is 51.1 Å². The molecule has 0 bridgehead atoms. The molecule has 7 nitrogen and oxygen atoms in total. The first-order valence-electron chi connectivity index (χ1n) is 10.4. The Hall–Kier alpha value is -3.78. The summed E-state index contributed by atoms with van der Waals surface area (Å²) in [5.74, 6) is -1.29. The monoisotopic (exact) mass is 461 g/mol. The Morgan fingerprint density at radius 1 is 1.09 bits per heavy atom. The number of carbonyl (C=O) groups excluding carboxylic acids is 1. The van der Waals surface area contributed by atoms with Crippen LogP contribution < -0.4 is 10.9 Å². The number of aromatic carboxylic acids is 1. The van der Waals surface area contributed by atoms with Crippen molar-refractivity contribution in [3.05, 3.63) is 80.5 Å². The number of nitrogens with one attached hydrogen (secondary N) is 1. The van der Waals surface area contributed by atoms with Gasteiger partial charge in [0.1, 0.15) is 16.7 Å². The number of thiophene rings is 1. The number of carboxylic acids is 1. The van der Waals surface area contributed by atoms with E-state index in [0.29, 0.717) is 21.9 Å². The molecule has 1 amide bonds. The minimum Gasteiger partial charge on any atom is -0.478 e. The van der Waals surface area contributed by atoms with Crippen molar-refractivity contribution in [1.29, 1.82) is 0 Å². The quantitative estimate of drug-likeness (QED) is 0.438. The third-order valence-corrected chi connectivity index (χ3v) is 6.47. The van der Waals surface area contributed by atoms with E-state index in [2.05, 4.69) is 10.3 Å². The van der Waals surface area contributed by atoms with Gasteiger partial charge in [0.25, 0.3) is 5.56 Å². The summed E-state index contributed by atoms with van der Waals surface area (Å²) < 4.78 is 1.28. The van der Waals surface area contributed by atoms with Gasteiger partial charge in [-0.05, 0) is 38.8 Å². The molecule has 2 heterocycles. The Balaban J connectivity index is 1.88. The number of hydrogen-bond donors (Lipinski definition) is 2. The van der Waals surface area contributed by atoms with Crippen molar-refractivity contribution in [2.24, 2.45) is 0 Å². The van der Waals surface area contributed by atoms with Crippen molar-refractivity contribution in [3.8, 4) is 11.4 Å². The van der Waals surface area contributed by atoms with Crippen LogP contribution in [0.1, 0.15) is 40.0 Å². The van der Waals surface area contributed by atoms with Crippen molar-refractivity contribution in [1.82, 2.24) is 9.55 Å². The lowest BCUT2D eigenvalue weighted by Gasteiger charge is -2.21. The number of amides is 1. The third kappa shape index (κ3) is 4.05. The summed E-state index contributed by atoms with van der Waals surface area (Å²) in [6, 6.07) is 12.1. The molecule has 2 N–H and O–H groups in total. The lowest BCUT2D eigenvalue weighted by Crippen LogP contribution is -2.34. The van der Waals surface area contributed by atoms with E-state index in [-0.39, 0.29) is 10.9 Å². The lowest BCUT2D eigenvalue weighted by atomic mass is 10.0. The summed E-state index contributed by atoms with van der Waals surface area (Å²) in [5.41, 5.74) is 3.61. The predicted octanol–water partition coefficient (Wildman–Crippen LogP) is 4.95. The van der Waals surface area contributed by atoms with Crippen LogP contribution in [0.15, 0.2) is 52.6 Å². The van der Waals surface area contributed by atoms with E-state index >= 15 is 0 Å². The Labute approximate surface area is 194 Å². The van der Waals surface area contributed by atoms with Gasteiger partial charge < -0.3 is 10.4 Å². The van der Waals surface area contributed by atoms with Gasteiger partial charge in [-0.1, -0.05) is 48.0 Å². The van der Waals surface area contributed by atoms with Crippen LogP contribution in [0, 0.1) is 20.8 Å². The van der Waals surface area contributed by atoms with Crippen LogP contribution in [-0.2, 0) is 4.79 Å². The molecular weight excluding hydrogens is 438 g/mol. The van der Waals surface area contributed by atoms with Crippen molar-refractivity contribution < 1.29 is 14.7 Å². The second-order valence-electron chi connectivity index (χ2n) is 8.05.